The number of carbonyl (C=O) groups excluding carboxylic acids is 1. The monoisotopic (exact) mass is 239 g/mol. The van der Waals surface area contributed by atoms with Crippen LogP contribution in [0.5, 0.6) is 0 Å². The molecule has 0 saturated carbocycles. The minimum atomic E-state index is -0.949. The third-order valence-electron chi connectivity index (χ3n) is 3.36. The Bertz CT molecular complexity index is 312. The lowest BCUT2D eigenvalue weighted by molar-refractivity contribution is -0.143. The number of carbonyl (C=O) groups is 2. The van der Waals surface area contributed by atoms with Crippen LogP contribution in [0.2, 0.25) is 0 Å². The quantitative estimate of drug-likeness (QED) is 0.696. The van der Waals surface area contributed by atoms with Gasteiger partial charge in [-0.15, -0.1) is 0 Å². The summed E-state index contributed by atoms with van der Waals surface area (Å²) in [5.74, 6) is -0.874. The number of hydrogen-bond acceptors (Lipinski definition) is 2. The molecule has 0 aliphatic heterocycles. The molecule has 1 aliphatic carbocycles. The van der Waals surface area contributed by atoms with Crippen LogP contribution in [0.25, 0.3) is 0 Å². The summed E-state index contributed by atoms with van der Waals surface area (Å²) in [6.45, 7) is 3.76. The van der Waals surface area contributed by atoms with Crippen LogP contribution < -0.4 is 5.32 Å². The number of hydrogen-bond donors (Lipinski definition) is 2. The molecule has 1 amide bonds. The number of amides is 1. The van der Waals surface area contributed by atoms with Gasteiger partial charge in [0.2, 0.25) is 5.91 Å². The van der Waals surface area contributed by atoms with E-state index in [0.717, 1.165) is 19.3 Å². The smallest absolute Gasteiger partial charge is 0.326 e. The first-order valence-electron chi connectivity index (χ1n) is 6.23. The van der Waals surface area contributed by atoms with Crippen molar-refractivity contribution in [2.45, 2.75) is 45.6 Å². The number of aliphatic carboxylic acids is 1. The summed E-state index contributed by atoms with van der Waals surface area (Å²) in [5.41, 5.74) is 0. The normalized spacial score (nSPS) is 22.1. The van der Waals surface area contributed by atoms with Crippen LogP contribution in [0.15, 0.2) is 12.2 Å². The van der Waals surface area contributed by atoms with Gasteiger partial charge in [0.25, 0.3) is 0 Å². The minimum absolute atomic E-state index is 0.0458. The Balaban J connectivity index is 2.46. The van der Waals surface area contributed by atoms with Crippen LogP contribution in [0.4, 0.5) is 0 Å². The maximum absolute atomic E-state index is 11.7. The molecule has 3 atom stereocenters. The highest BCUT2D eigenvalue weighted by atomic mass is 16.4. The first kappa shape index (κ1) is 13.7. The predicted octanol–water partition coefficient (Wildman–Crippen LogP) is 1.96. The highest BCUT2D eigenvalue weighted by Crippen LogP contribution is 2.20. The molecule has 4 heteroatoms. The highest BCUT2D eigenvalue weighted by molar-refractivity contribution is 5.83. The molecule has 1 unspecified atom stereocenters. The maximum atomic E-state index is 11.7. The van der Waals surface area contributed by atoms with Crippen molar-refractivity contribution < 1.29 is 14.7 Å². The van der Waals surface area contributed by atoms with Gasteiger partial charge >= 0.3 is 5.97 Å². The molecule has 17 heavy (non-hydrogen) atoms. The summed E-state index contributed by atoms with van der Waals surface area (Å²) in [7, 11) is 0. The van der Waals surface area contributed by atoms with Crippen molar-refractivity contribution in [3.8, 4) is 0 Å². The average Bonchev–Trinajstić information content (AvgIpc) is 2.77. The van der Waals surface area contributed by atoms with E-state index in [1.807, 2.05) is 19.9 Å². The van der Waals surface area contributed by atoms with E-state index in [-0.39, 0.29) is 17.7 Å². The van der Waals surface area contributed by atoms with Crippen LogP contribution in [0, 0.1) is 11.8 Å². The second kappa shape index (κ2) is 6.42. The summed E-state index contributed by atoms with van der Waals surface area (Å²) < 4.78 is 0. The Morgan fingerprint density at radius 2 is 2.24 bits per heavy atom. The van der Waals surface area contributed by atoms with Gasteiger partial charge in [-0.05, 0) is 24.7 Å². The van der Waals surface area contributed by atoms with Crippen LogP contribution >= 0.6 is 0 Å². The molecule has 0 fully saturated rings. The molecule has 1 aliphatic rings. The summed E-state index contributed by atoms with van der Waals surface area (Å²) in [6, 6.07) is -0.766. The molecule has 1 rings (SSSR count). The second-order valence-electron chi connectivity index (χ2n) is 4.74. The topological polar surface area (TPSA) is 66.4 Å². The van der Waals surface area contributed by atoms with E-state index in [1.54, 1.807) is 0 Å². The van der Waals surface area contributed by atoms with Crippen LogP contribution in [0.3, 0.4) is 0 Å². The van der Waals surface area contributed by atoms with Crippen molar-refractivity contribution in [1.29, 1.82) is 0 Å². The first-order valence-corrected chi connectivity index (χ1v) is 6.23. The molecule has 0 bridgehead atoms. The van der Waals surface area contributed by atoms with Gasteiger partial charge in [-0.25, -0.2) is 4.79 Å². The number of carboxylic acid groups (broad SMARTS) is 1. The van der Waals surface area contributed by atoms with Crippen molar-refractivity contribution in [3.05, 3.63) is 12.2 Å². The number of allylic oxidation sites excluding steroid dienone is 2. The van der Waals surface area contributed by atoms with E-state index in [4.69, 9.17) is 5.11 Å². The van der Waals surface area contributed by atoms with Gasteiger partial charge in [0.15, 0.2) is 0 Å². The number of rotatable bonds is 6. The van der Waals surface area contributed by atoms with Gasteiger partial charge in [-0.1, -0.05) is 32.4 Å². The Labute approximate surface area is 102 Å². The van der Waals surface area contributed by atoms with E-state index >= 15 is 0 Å². The maximum Gasteiger partial charge on any atom is 0.326 e. The Morgan fingerprint density at radius 3 is 2.71 bits per heavy atom. The fourth-order valence-corrected chi connectivity index (χ4v) is 2.02. The van der Waals surface area contributed by atoms with Crippen LogP contribution in [0.1, 0.15) is 39.5 Å². The fraction of sp³-hybridized carbons (Fsp3) is 0.692. The molecule has 0 aromatic heterocycles. The fourth-order valence-electron chi connectivity index (χ4n) is 2.02. The van der Waals surface area contributed by atoms with Crippen LogP contribution in [-0.2, 0) is 9.59 Å². The molecule has 0 aromatic rings. The molecule has 0 heterocycles. The van der Waals surface area contributed by atoms with Gasteiger partial charge in [-0.3, -0.25) is 4.79 Å². The second-order valence-corrected chi connectivity index (χ2v) is 4.74. The zero-order valence-corrected chi connectivity index (χ0v) is 10.5. The number of nitrogens with one attached hydrogen (secondary N) is 1. The van der Waals surface area contributed by atoms with Crippen molar-refractivity contribution in [1.82, 2.24) is 5.32 Å². The van der Waals surface area contributed by atoms with E-state index in [1.165, 1.54) is 0 Å². The molecule has 0 saturated heterocycles. The van der Waals surface area contributed by atoms with E-state index in [0.29, 0.717) is 6.42 Å². The van der Waals surface area contributed by atoms with Crippen molar-refractivity contribution in [3.63, 3.8) is 0 Å². The average molecular weight is 239 g/mol. The Hall–Kier alpha value is -1.32. The van der Waals surface area contributed by atoms with Gasteiger partial charge in [0.1, 0.15) is 6.04 Å². The lowest BCUT2D eigenvalue weighted by atomic mass is 9.98. The molecule has 2 N–H and O–H groups in total. The van der Waals surface area contributed by atoms with E-state index in [2.05, 4.69) is 11.4 Å². The van der Waals surface area contributed by atoms with E-state index < -0.39 is 12.0 Å². The highest BCUT2D eigenvalue weighted by Gasteiger charge is 2.26. The van der Waals surface area contributed by atoms with Gasteiger partial charge in [-0.2, -0.15) is 0 Å². The SMILES string of the molecule is CC[C@H](C)[C@H](NC(=O)CC1C=CCC1)C(=O)O. The summed E-state index contributed by atoms with van der Waals surface area (Å²) in [4.78, 5) is 22.8. The third kappa shape index (κ3) is 4.21. The van der Waals surface area contributed by atoms with Crippen LogP contribution in [-0.4, -0.2) is 23.0 Å². The molecule has 0 radical (unpaired) electrons. The van der Waals surface area contributed by atoms with Crippen molar-refractivity contribution >= 4 is 11.9 Å². The lowest BCUT2D eigenvalue weighted by Gasteiger charge is -2.20. The van der Waals surface area contributed by atoms with E-state index in [9.17, 15) is 9.59 Å². The zero-order valence-electron chi connectivity index (χ0n) is 10.5. The molecular formula is C13H21NO3. The molecular weight excluding hydrogens is 218 g/mol. The molecule has 0 aromatic carbocycles. The molecule has 4 nitrogen and oxygen atoms in total. The predicted molar refractivity (Wildman–Crippen MR) is 65.5 cm³/mol. The molecule has 0 spiro atoms. The number of carboxylic acids is 1. The summed E-state index contributed by atoms with van der Waals surface area (Å²) in [5, 5.41) is 11.7. The Morgan fingerprint density at radius 1 is 1.53 bits per heavy atom. The van der Waals surface area contributed by atoms with Crippen molar-refractivity contribution in [2.75, 3.05) is 0 Å². The third-order valence-corrected chi connectivity index (χ3v) is 3.36. The van der Waals surface area contributed by atoms with Gasteiger partial charge < -0.3 is 10.4 Å². The largest absolute Gasteiger partial charge is 0.480 e. The zero-order chi connectivity index (χ0) is 12.8. The molecule has 96 valence electrons. The first-order chi connectivity index (χ1) is 8.04. The Kier molecular flexibility index (Phi) is 5.19. The minimum Gasteiger partial charge on any atom is -0.480 e. The van der Waals surface area contributed by atoms with Gasteiger partial charge in [0.05, 0.1) is 0 Å². The summed E-state index contributed by atoms with van der Waals surface area (Å²) in [6.07, 6.45) is 7.26. The summed E-state index contributed by atoms with van der Waals surface area (Å²) >= 11 is 0. The standard InChI is InChI=1S/C13H21NO3/c1-3-9(2)12(13(16)17)14-11(15)8-10-6-4-5-7-10/h4,6,9-10,12H,3,5,7-8H2,1-2H3,(H,14,15)(H,16,17)/t9-,10?,12-/m0/s1. The lowest BCUT2D eigenvalue weighted by Crippen LogP contribution is -2.45. The van der Waals surface area contributed by atoms with Crippen molar-refractivity contribution in [2.24, 2.45) is 11.8 Å². The van der Waals surface area contributed by atoms with Gasteiger partial charge in [0, 0.05) is 6.42 Å².